The van der Waals surface area contributed by atoms with Crippen LogP contribution in [0.1, 0.15) is 96.9 Å². The molecule has 0 aliphatic carbocycles. The summed E-state index contributed by atoms with van der Waals surface area (Å²) >= 11 is 0. The zero-order valence-electron chi connectivity index (χ0n) is 27.8. The molecule has 3 rings (SSSR count). The molecule has 0 unspecified atom stereocenters. The predicted octanol–water partition coefficient (Wildman–Crippen LogP) is 7.13. The Morgan fingerprint density at radius 2 is 1.21 bits per heavy atom. The lowest BCUT2D eigenvalue weighted by Gasteiger charge is -2.54. The van der Waals surface area contributed by atoms with E-state index in [0.717, 1.165) is 0 Å². The first-order valence-corrected chi connectivity index (χ1v) is 18.1. The highest BCUT2D eigenvalue weighted by Gasteiger charge is 2.54. The minimum atomic E-state index is -1.92. The summed E-state index contributed by atoms with van der Waals surface area (Å²) in [7, 11) is -1.92. The third kappa shape index (κ3) is 7.48. The van der Waals surface area contributed by atoms with Gasteiger partial charge in [0.05, 0.1) is 31.0 Å². The molecule has 8 heteroatoms. The fraction of sp³-hybridized carbons (Fsp3) is 1.00. The van der Waals surface area contributed by atoms with Crippen LogP contribution in [0.5, 0.6) is 0 Å². The van der Waals surface area contributed by atoms with Crippen LogP contribution < -0.4 is 0 Å². The molecule has 0 saturated carbocycles. The third-order valence-electron chi connectivity index (χ3n) is 9.73. The van der Waals surface area contributed by atoms with Crippen molar-refractivity contribution >= 4 is 8.32 Å². The van der Waals surface area contributed by atoms with Gasteiger partial charge in [-0.1, -0.05) is 48.5 Å². The SMILES string of the molecule is C[C@H]1[C@@H]([C@H](C)[C@H]2OC(C)(C)O[C@@H]([C@H]3COC(C)(C)O3)[C@H]2C)OC(C)(C)O[C@H]1[C@@H](C)[C@H](C)O[Si](C)(C)C(C)(C)C. The van der Waals surface area contributed by atoms with Crippen molar-refractivity contribution in [1.29, 1.82) is 0 Å². The van der Waals surface area contributed by atoms with Gasteiger partial charge in [-0.3, -0.25) is 0 Å². The zero-order valence-corrected chi connectivity index (χ0v) is 28.8. The van der Waals surface area contributed by atoms with Crippen molar-refractivity contribution in [1.82, 2.24) is 0 Å². The minimum Gasteiger partial charge on any atom is -0.414 e. The molecule has 39 heavy (non-hydrogen) atoms. The van der Waals surface area contributed by atoms with Crippen molar-refractivity contribution < 1.29 is 32.8 Å². The van der Waals surface area contributed by atoms with Crippen LogP contribution in [0, 0.1) is 23.7 Å². The molecule has 3 saturated heterocycles. The van der Waals surface area contributed by atoms with Gasteiger partial charge in [-0.05, 0) is 66.6 Å². The predicted molar refractivity (Wildman–Crippen MR) is 157 cm³/mol. The second-order valence-electron chi connectivity index (χ2n) is 15.5. The van der Waals surface area contributed by atoms with Gasteiger partial charge in [0.2, 0.25) is 0 Å². The lowest BCUT2D eigenvalue weighted by molar-refractivity contribution is -0.369. The highest BCUT2D eigenvalue weighted by Crippen LogP contribution is 2.46. The maximum Gasteiger partial charge on any atom is 0.192 e. The Bertz CT molecular complexity index is 835. The summed E-state index contributed by atoms with van der Waals surface area (Å²) in [5.41, 5.74) is 0. The van der Waals surface area contributed by atoms with Crippen LogP contribution in [0.4, 0.5) is 0 Å². The summed E-state index contributed by atoms with van der Waals surface area (Å²) in [5.74, 6) is -1.51. The lowest BCUT2D eigenvalue weighted by atomic mass is 9.75. The van der Waals surface area contributed by atoms with Gasteiger partial charge in [0.15, 0.2) is 25.7 Å². The van der Waals surface area contributed by atoms with Gasteiger partial charge in [-0.2, -0.15) is 0 Å². The van der Waals surface area contributed by atoms with E-state index < -0.39 is 25.7 Å². The van der Waals surface area contributed by atoms with Crippen LogP contribution in [-0.4, -0.2) is 68.9 Å². The van der Waals surface area contributed by atoms with Crippen LogP contribution in [-0.2, 0) is 32.8 Å². The van der Waals surface area contributed by atoms with E-state index in [1.54, 1.807) is 0 Å². The van der Waals surface area contributed by atoms with Crippen molar-refractivity contribution in [3.05, 3.63) is 0 Å². The highest BCUT2D eigenvalue weighted by atomic mass is 28.4. The molecule has 0 aromatic rings. The molecular weight excluding hydrogens is 512 g/mol. The maximum atomic E-state index is 6.83. The molecule has 7 nitrogen and oxygen atoms in total. The molecule has 230 valence electrons. The van der Waals surface area contributed by atoms with Crippen LogP contribution in [0.3, 0.4) is 0 Å². The smallest absolute Gasteiger partial charge is 0.192 e. The quantitative estimate of drug-likeness (QED) is 0.301. The summed E-state index contributed by atoms with van der Waals surface area (Å²) in [5, 5.41) is 0.155. The molecule has 0 amide bonds. The third-order valence-corrected chi connectivity index (χ3v) is 14.3. The number of rotatable bonds is 7. The Hall–Kier alpha value is -0.0631. The average Bonchev–Trinajstić information content (AvgIpc) is 3.13. The summed E-state index contributed by atoms with van der Waals surface area (Å²) in [6.07, 6.45) is -0.345. The van der Waals surface area contributed by atoms with E-state index in [-0.39, 0.29) is 65.3 Å². The van der Waals surface area contributed by atoms with Gasteiger partial charge in [-0.15, -0.1) is 0 Å². The van der Waals surface area contributed by atoms with Gasteiger partial charge >= 0.3 is 0 Å². The van der Waals surface area contributed by atoms with Crippen molar-refractivity contribution in [3.8, 4) is 0 Å². The Balaban J connectivity index is 1.82. The zero-order chi connectivity index (χ0) is 29.9. The van der Waals surface area contributed by atoms with Gasteiger partial charge in [0.1, 0.15) is 6.10 Å². The van der Waals surface area contributed by atoms with Crippen LogP contribution in [0.2, 0.25) is 18.1 Å². The molecule has 0 radical (unpaired) electrons. The second kappa shape index (κ2) is 11.2. The molecule has 10 atom stereocenters. The van der Waals surface area contributed by atoms with Crippen molar-refractivity contribution in [3.63, 3.8) is 0 Å². The van der Waals surface area contributed by atoms with E-state index in [2.05, 4.69) is 68.5 Å². The molecule has 0 N–H and O–H groups in total. The van der Waals surface area contributed by atoms with Crippen LogP contribution >= 0.6 is 0 Å². The molecule has 0 spiro atoms. The number of hydrogen-bond acceptors (Lipinski definition) is 7. The molecule has 0 aromatic heterocycles. The largest absolute Gasteiger partial charge is 0.414 e. The van der Waals surface area contributed by atoms with Crippen LogP contribution in [0.15, 0.2) is 0 Å². The lowest BCUT2D eigenvalue weighted by Crippen LogP contribution is -2.61. The average molecular weight is 573 g/mol. The number of ether oxygens (including phenoxy) is 6. The normalized spacial score (nSPS) is 39.2. The Kier molecular flexibility index (Phi) is 9.62. The molecule has 0 bridgehead atoms. The van der Waals surface area contributed by atoms with E-state index in [9.17, 15) is 0 Å². The molecule has 3 fully saturated rings. The maximum absolute atomic E-state index is 6.83. The van der Waals surface area contributed by atoms with Crippen molar-refractivity contribution in [2.45, 2.75) is 169 Å². The fourth-order valence-corrected chi connectivity index (χ4v) is 7.92. The van der Waals surface area contributed by atoms with Gasteiger partial charge in [0, 0.05) is 29.8 Å². The van der Waals surface area contributed by atoms with Crippen LogP contribution in [0.25, 0.3) is 0 Å². The number of hydrogen-bond donors (Lipinski definition) is 0. The van der Waals surface area contributed by atoms with Gasteiger partial charge in [0.25, 0.3) is 0 Å². The molecule has 3 aliphatic rings. The fourth-order valence-electron chi connectivity index (χ4n) is 6.42. The topological polar surface area (TPSA) is 64.6 Å². The van der Waals surface area contributed by atoms with E-state index in [1.165, 1.54) is 0 Å². The molecular formula is C31H60O7Si. The minimum absolute atomic E-state index is 0.00714. The van der Waals surface area contributed by atoms with Gasteiger partial charge < -0.3 is 32.8 Å². The Morgan fingerprint density at radius 1 is 0.718 bits per heavy atom. The first-order valence-electron chi connectivity index (χ1n) is 15.2. The van der Waals surface area contributed by atoms with Crippen molar-refractivity contribution in [2.75, 3.05) is 6.61 Å². The Labute approximate surface area is 240 Å². The first-order chi connectivity index (χ1) is 17.5. The summed E-state index contributed by atoms with van der Waals surface area (Å²) in [6, 6.07) is 0. The highest BCUT2D eigenvalue weighted by molar-refractivity contribution is 6.74. The molecule has 3 heterocycles. The summed E-state index contributed by atoms with van der Waals surface area (Å²) in [6.45, 7) is 35.2. The van der Waals surface area contributed by atoms with E-state index in [4.69, 9.17) is 32.8 Å². The van der Waals surface area contributed by atoms with E-state index in [1.807, 2.05) is 41.5 Å². The molecule has 0 aromatic carbocycles. The standard InChI is InChI=1S/C31H60O7Si/c1-18(22(5)38-39(15,16)28(6,7)8)24-19(2)25(35-30(11,12)34-24)20(3)26-21(4)27(37-31(13,14)36-26)23-17-32-29(9,10)33-23/h18-27H,17H2,1-16H3/t18-,19+,20-,21-,22-,23+,24-,25-,26+,27+/m0/s1. The monoisotopic (exact) mass is 572 g/mol. The second-order valence-corrected chi connectivity index (χ2v) is 20.3. The molecule has 3 aliphatic heterocycles. The summed E-state index contributed by atoms with van der Waals surface area (Å²) in [4.78, 5) is 0. The van der Waals surface area contributed by atoms with E-state index >= 15 is 0 Å². The van der Waals surface area contributed by atoms with E-state index in [0.29, 0.717) is 6.61 Å². The Morgan fingerprint density at radius 3 is 1.69 bits per heavy atom. The van der Waals surface area contributed by atoms with Gasteiger partial charge in [-0.25, -0.2) is 0 Å². The summed E-state index contributed by atoms with van der Waals surface area (Å²) < 4.78 is 45.4. The first kappa shape index (κ1) is 33.4. The van der Waals surface area contributed by atoms with Crippen molar-refractivity contribution in [2.24, 2.45) is 23.7 Å².